The Labute approximate surface area is 134 Å². The Balaban J connectivity index is 2.17. The van der Waals surface area contributed by atoms with Crippen molar-refractivity contribution in [3.8, 4) is 22.9 Å². The van der Waals surface area contributed by atoms with E-state index in [1.165, 1.54) is 11.1 Å². The molecule has 0 atom stereocenters. The standard InChI is InChI=1S/C17H17ClN2O2/c1-9-5-13-14(6-10(9)2)20-17(19-13)11-7-12(18)16(22-4)15(8-11)21-3/h5-8H,1-4H3,(H,19,20). The molecule has 1 aromatic heterocycles. The van der Waals surface area contributed by atoms with E-state index in [0.717, 1.165) is 22.4 Å². The number of H-pyrrole nitrogens is 1. The Bertz CT molecular complexity index is 816. The molecule has 3 rings (SSSR count). The number of hydrogen-bond acceptors (Lipinski definition) is 3. The second-order valence-electron chi connectivity index (χ2n) is 5.23. The molecule has 2 aromatic carbocycles. The molecule has 0 saturated carbocycles. The highest BCUT2D eigenvalue weighted by Gasteiger charge is 2.14. The van der Waals surface area contributed by atoms with E-state index in [1.807, 2.05) is 12.1 Å². The van der Waals surface area contributed by atoms with Crippen LogP contribution in [0.4, 0.5) is 0 Å². The van der Waals surface area contributed by atoms with E-state index in [1.54, 1.807) is 14.2 Å². The summed E-state index contributed by atoms with van der Waals surface area (Å²) in [5, 5.41) is 0.490. The first kappa shape index (κ1) is 14.7. The predicted molar refractivity (Wildman–Crippen MR) is 89.1 cm³/mol. The van der Waals surface area contributed by atoms with E-state index < -0.39 is 0 Å². The number of aromatic amines is 1. The molecule has 0 aliphatic rings. The van der Waals surface area contributed by atoms with Crippen molar-refractivity contribution in [1.29, 1.82) is 0 Å². The maximum absolute atomic E-state index is 6.27. The smallest absolute Gasteiger partial charge is 0.179 e. The molecule has 0 amide bonds. The SMILES string of the molecule is COc1cc(-c2nc3cc(C)c(C)cc3[nH]2)cc(Cl)c1OC. The van der Waals surface area contributed by atoms with Crippen molar-refractivity contribution in [3.05, 3.63) is 40.4 Å². The van der Waals surface area contributed by atoms with E-state index in [0.29, 0.717) is 16.5 Å². The van der Waals surface area contributed by atoms with Gasteiger partial charge in [-0.25, -0.2) is 4.98 Å². The van der Waals surface area contributed by atoms with Gasteiger partial charge in [0.25, 0.3) is 0 Å². The molecular formula is C17H17ClN2O2. The Morgan fingerprint density at radius 1 is 1.00 bits per heavy atom. The number of hydrogen-bond donors (Lipinski definition) is 1. The Morgan fingerprint density at radius 3 is 2.41 bits per heavy atom. The zero-order chi connectivity index (χ0) is 15.9. The van der Waals surface area contributed by atoms with E-state index in [-0.39, 0.29) is 0 Å². The monoisotopic (exact) mass is 316 g/mol. The van der Waals surface area contributed by atoms with Gasteiger partial charge in [-0.2, -0.15) is 0 Å². The summed E-state index contributed by atoms with van der Waals surface area (Å²) in [7, 11) is 3.15. The van der Waals surface area contributed by atoms with Crippen molar-refractivity contribution < 1.29 is 9.47 Å². The molecule has 22 heavy (non-hydrogen) atoms. The number of rotatable bonds is 3. The molecular weight excluding hydrogens is 300 g/mol. The Hall–Kier alpha value is -2.20. The second kappa shape index (κ2) is 5.54. The molecule has 5 heteroatoms. The number of imidazole rings is 1. The number of nitrogens with zero attached hydrogens (tertiary/aromatic N) is 1. The zero-order valence-electron chi connectivity index (χ0n) is 13.0. The molecule has 0 aliphatic carbocycles. The van der Waals surface area contributed by atoms with Gasteiger partial charge in [-0.1, -0.05) is 11.6 Å². The summed E-state index contributed by atoms with van der Waals surface area (Å²) in [5.74, 6) is 1.86. The second-order valence-corrected chi connectivity index (χ2v) is 5.64. The predicted octanol–water partition coefficient (Wildman–Crippen LogP) is 4.52. The van der Waals surface area contributed by atoms with Crippen LogP contribution in [0.5, 0.6) is 11.5 Å². The number of aryl methyl sites for hydroxylation is 2. The van der Waals surface area contributed by atoms with Crippen LogP contribution in [0, 0.1) is 13.8 Å². The van der Waals surface area contributed by atoms with Crippen molar-refractivity contribution in [2.24, 2.45) is 0 Å². The molecule has 114 valence electrons. The first-order valence-corrected chi connectivity index (χ1v) is 7.30. The normalized spacial score (nSPS) is 11.0. The van der Waals surface area contributed by atoms with Crippen molar-refractivity contribution in [2.75, 3.05) is 14.2 Å². The number of nitrogens with one attached hydrogen (secondary N) is 1. The van der Waals surface area contributed by atoms with E-state index >= 15 is 0 Å². The van der Waals surface area contributed by atoms with Gasteiger partial charge in [0.1, 0.15) is 5.82 Å². The summed E-state index contributed by atoms with van der Waals surface area (Å²) in [6.07, 6.45) is 0. The van der Waals surface area contributed by atoms with Gasteiger partial charge in [0.15, 0.2) is 11.5 Å². The molecule has 0 bridgehead atoms. The number of methoxy groups -OCH3 is 2. The molecule has 4 nitrogen and oxygen atoms in total. The fourth-order valence-corrected chi connectivity index (χ4v) is 2.75. The number of ether oxygens (including phenoxy) is 2. The first-order chi connectivity index (χ1) is 10.5. The first-order valence-electron chi connectivity index (χ1n) is 6.92. The fourth-order valence-electron chi connectivity index (χ4n) is 2.46. The largest absolute Gasteiger partial charge is 0.493 e. The average Bonchev–Trinajstić information content (AvgIpc) is 2.89. The molecule has 1 N–H and O–H groups in total. The summed E-state index contributed by atoms with van der Waals surface area (Å²) in [6, 6.07) is 7.86. The molecule has 3 aromatic rings. The summed E-state index contributed by atoms with van der Waals surface area (Å²) in [6.45, 7) is 4.17. The highest BCUT2D eigenvalue weighted by atomic mass is 35.5. The lowest BCUT2D eigenvalue weighted by Gasteiger charge is -2.10. The van der Waals surface area contributed by atoms with Gasteiger partial charge in [0, 0.05) is 5.56 Å². The third-order valence-electron chi connectivity index (χ3n) is 3.80. The van der Waals surface area contributed by atoms with E-state index in [4.69, 9.17) is 21.1 Å². The number of fused-ring (bicyclic) bond motifs is 1. The lowest BCUT2D eigenvalue weighted by atomic mass is 10.1. The lowest BCUT2D eigenvalue weighted by Crippen LogP contribution is -1.93. The van der Waals surface area contributed by atoms with Crippen LogP contribution in [0.25, 0.3) is 22.4 Å². The van der Waals surface area contributed by atoms with Crippen molar-refractivity contribution in [1.82, 2.24) is 9.97 Å². The minimum Gasteiger partial charge on any atom is -0.493 e. The molecule has 0 radical (unpaired) electrons. The van der Waals surface area contributed by atoms with Gasteiger partial charge >= 0.3 is 0 Å². The van der Waals surface area contributed by atoms with Gasteiger partial charge in [-0.05, 0) is 49.2 Å². The minimum absolute atomic E-state index is 0.490. The molecule has 0 aliphatic heterocycles. The zero-order valence-corrected chi connectivity index (χ0v) is 13.7. The van der Waals surface area contributed by atoms with Crippen LogP contribution in [-0.2, 0) is 0 Å². The van der Waals surface area contributed by atoms with Crippen LogP contribution in [0.15, 0.2) is 24.3 Å². The van der Waals surface area contributed by atoms with Gasteiger partial charge in [0.05, 0.1) is 30.3 Å². The molecule has 1 heterocycles. The molecule has 0 unspecified atom stereocenters. The van der Waals surface area contributed by atoms with E-state index in [2.05, 4.69) is 35.9 Å². The molecule has 0 saturated heterocycles. The lowest BCUT2D eigenvalue weighted by molar-refractivity contribution is 0.355. The van der Waals surface area contributed by atoms with Crippen molar-refractivity contribution in [3.63, 3.8) is 0 Å². The third-order valence-corrected chi connectivity index (χ3v) is 4.09. The summed E-state index contributed by atoms with van der Waals surface area (Å²) < 4.78 is 10.6. The van der Waals surface area contributed by atoms with Gasteiger partial charge in [-0.15, -0.1) is 0 Å². The highest BCUT2D eigenvalue weighted by Crippen LogP contribution is 2.38. The van der Waals surface area contributed by atoms with Crippen LogP contribution in [0.3, 0.4) is 0 Å². The number of benzene rings is 2. The van der Waals surface area contributed by atoms with Crippen molar-refractivity contribution >= 4 is 22.6 Å². The van der Waals surface area contributed by atoms with Crippen LogP contribution in [0.1, 0.15) is 11.1 Å². The van der Waals surface area contributed by atoms with Crippen LogP contribution in [-0.4, -0.2) is 24.2 Å². The quantitative estimate of drug-likeness (QED) is 0.773. The summed E-state index contributed by atoms with van der Waals surface area (Å²) >= 11 is 6.27. The topological polar surface area (TPSA) is 47.1 Å². The van der Waals surface area contributed by atoms with Gasteiger partial charge in [-0.3, -0.25) is 0 Å². The maximum atomic E-state index is 6.27. The van der Waals surface area contributed by atoms with Crippen molar-refractivity contribution in [2.45, 2.75) is 13.8 Å². The Morgan fingerprint density at radius 2 is 1.73 bits per heavy atom. The highest BCUT2D eigenvalue weighted by molar-refractivity contribution is 6.32. The fraction of sp³-hybridized carbons (Fsp3) is 0.235. The summed E-state index contributed by atoms with van der Waals surface area (Å²) in [4.78, 5) is 7.98. The maximum Gasteiger partial charge on any atom is 0.179 e. The number of halogens is 1. The summed E-state index contributed by atoms with van der Waals surface area (Å²) in [5.41, 5.74) is 5.24. The van der Waals surface area contributed by atoms with Gasteiger partial charge in [0.2, 0.25) is 0 Å². The van der Waals surface area contributed by atoms with Crippen LogP contribution in [0.2, 0.25) is 5.02 Å². The average molecular weight is 317 g/mol. The van der Waals surface area contributed by atoms with Crippen LogP contribution < -0.4 is 9.47 Å². The molecule has 0 spiro atoms. The molecule has 0 fully saturated rings. The van der Waals surface area contributed by atoms with E-state index in [9.17, 15) is 0 Å². The van der Waals surface area contributed by atoms with Gasteiger partial charge < -0.3 is 14.5 Å². The minimum atomic E-state index is 0.490. The number of aromatic nitrogens is 2. The van der Waals surface area contributed by atoms with Crippen LogP contribution >= 0.6 is 11.6 Å². The Kier molecular flexibility index (Phi) is 3.71. The third kappa shape index (κ3) is 2.40.